The van der Waals surface area contributed by atoms with Crippen LogP contribution in [0, 0.1) is 0 Å². The SMILES string of the molecule is COc1ccc(NC(=O)NC(=O)COC(=O)CCNc2ncccn2)cc1. The number of hydrogen-bond donors (Lipinski definition) is 3. The Bertz CT molecular complexity index is 767. The van der Waals surface area contributed by atoms with Crippen LogP contribution in [0.25, 0.3) is 0 Å². The van der Waals surface area contributed by atoms with Gasteiger partial charge in [-0.1, -0.05) is 0 Å². The Hall–Kier alpha value is -3.69. The molecule has 1 aromatic carbocycles. The molecule has 2 rings (SSSR count). The van der Waals surface area contributed by atoms with Gasteiger partial charge in [0.15, 0.2) is 6.61 Å². The molecule has 0 aliphatic rings. The van der Waals surface area contributed by atoms with E-state index in [1.54, 1.807) is 42.7 Å². The third-order valence-corrected chi connectivity index (χ3v) is 3.14. The summed E-state index contributed by atoms with van der Waals surface area (Å²) in [6, 6.07) is 7.49. The van der Waals surface area contributed by atoms with Crippen molar-refractivity contribution in [2.45, 2.75) is 6.42 Å². The predicted molar refractivity (Wildman–Crippen MR) is 96.3 cm³/mol. The number of esters is 1. The molecule has 3 N–H and O–H groups in total. The van der Waals surface area contributed by atoms with Crippen molar-refractivity contribution in [1.29, 1.82) is 0 Å². The Morgan fingerprint density at radius 1 is 1.07 bits per heavy atom. The van der Waals surface area contributed by atoms with Crippen LogP contribution in [-0.2, 0) is 14.3 Å². The molecule has 0 atom stereocenters. The van der Waals surface area contributed by atoms with Crippen LogP contribution in [0.1, 0.15) is 6.42 Å². The van der Waals surface area contributed by atoms with Crippen molar-refractivity contribution >= 4 is 29.5 Å². The summed E-state index contributed by atoms with van der Waals surface area (Å²) in [5.74, 6) is -0.312. The molecule has 0 aliphatic heterocycles. The van der Waals surface area contributed by atoms with Gasteiger partial charge in [0.1, 0.15) is 5.75 Å². The van der Waals surface area contributed by atoms with Crippen LogP contribution in [0.2, 0.25) is 0 Å². The van der Waals surface area contributed by atoms with E-state index in [0.29, 0.717) is 17.4 Å². The van der Waals surface area contributed by atoms with E-state index in [0.717, 1.165) is 0 Å². The Morgan fingerprint density at radius 3 is 2.44 bits per heavy atom. The van der Waals surface area contributed by atoms with E-state index in [9.17, 15) is 14.4 Å². The van der Waals surface area contributed by atoms with Crippen molar-refractivity contribution in [3.05, 3.63) is 42.7 Å². The predicted octanol–water partition coefficient (Wildman–Crippen LogP) is 1.18. The number of benzene rings is 1. The molecule has 0 saturated heterocycles. The number of rotatable bonds is 8. The van der Waals surface area contributed by atoms with Crippen molar-refractivity contribution in [1.82, 2.24) is 15.3 Å². The minimum Gasteiger partial charge on any atom is -0.497 e. The lowest BCUT2D eigenvalue weighted by Crippen LogP contribution is -2.37. The number of methoxy groups -OCH3 is 1. The molecule has 0 unspecified atom stereocenters. The number of carbonyl (C=O) groups excluding carboxylic acids is 3. The summed E-state index contributed by atoms with van der Waals surface area (Å²) in [6.45, 7) is -0.306. The number of urea groups is 1. The number of anilines is 2. The lowest BCUT2D eigenvalue weighted by atomic mass is 10.3. The maximum Gasteiger partial charge on any atom is 0.325 e. The van der Waals surface area contributed by atoms with Gasteiger partial charge in [-0.25, -0.2) is 14.8 Å². The van der Waals surface area contributed by atoms with Gasteiger partial charge in [-0.3, -0.25) is 14.9 Å². The molecule has 1 heterocycles. The van der Waals surface area contributed by atoms with E-state index in [1.807, 2.05) is 0 Å². The van der Waals surface area contributed by atoms with Crippen LogP contribution >= 0.6 is 0 Å². The van der Waals surface area contributed by atoms with Gasteiger partial charge in [-0.15, -0.1) is 0 Å². The maximum absolute atomic E-state index is 11.7. The molecule has 0 spiro atoms. The number of hydrogen-bond acceptors (Lipinski definition) is 8. The van der Waals surface area contributed by atoms with E-state index in [4.69, 9.17) is 9.47 Å². The first-order chi connectivity index (χ1) is 13.1. The third-order valence-electron chi connectivity index (χ3n) is 3.14. The van der Waals surface area contributed by atoms with Gasteiger partial charge >= 0.3 is 12.0 Å². The molecule has 10 heteroatoms. The first kappa shape index (κ1) is 19.6. The summed E-state index contributed by atoms with van der Waals surface area (Å²) in [5, 5.41) is 7.37. The summed E-state index contributed by atoms with van der Waals surface area (Å²) in [7, 11) is 1.53. The van der Waals surface area contributed by atoms with Gasteiger partial charge < -0.3 is 20.1 Å². The van der Waals surface area contributed by atoms with Gasteiger partial charge in [0.25, 0.3) is 5.91 Å². The number of nitrogens with zero attached hydrogens (tertiary/aromatic N) is 2. The molecule has 0 fully saturated rings. The lowest BCUT2D eigenvalue weighted by Gasteiger charge is -2.08. The summed E-state index contributed by atoms with van der Waals surface area (Å²) in [6.07, 6.45) is 3.15. The molecule has 1 aromatic heterocycles. The molecule has 0 saturated carbocycles. The molecular formula is C17H19N5O5. The molecule has 0 bridgehead atoms. The van der Waals surface area contributed by atoms with Gasteiger partial charge in [0, 0.05) is 24.6 Å². The van der Waals surface area contributed by atoms with Gasteiger partial charge in [-0.2, -0.15) is 0 Å². The Labute approximate surface area is 155 Å². The summed E-state index contributed by atoms with van der Waals surface area (Å²) < 4.78 is 9.80. The van der Waals surface area contributed by atoms with Crippen molar-refractivity contribution in [3.63, 3.8) is 0 Å². The van der Waals surface area contributed by atoms with E-state index >= 15 is 0 Å². The fraction of sp³-hybridized carbons (Fsp3) is 0.235. The summed E-state index contributed by atoms with van der Waals surface area (Å²) >= 11 is 0. The van der Waals surface area contributed by atoms with Crippen molar-refractivity contribution < 1.29 is 23.9 Å². The molecular weight excluding hydrogens is 354 g/mol. The fourth-order valence-electron chi connectivity index (χ4n) is 1.88. The highest BCUT2D eigenvalue weighted by Gasteiger charge is 2.11. The monoisotopic (exact) mass is 373 g/mol. The molecule has 2 aromatic rings. The second kappa shape index (κ2) is 10.3. The molecule has 3 amide bonds. The Balaban J connectivity index is 1.62. The van der Waals surface area contributed by atoms with Crippen LogP contribution in [-0.4, -0.2) is 48.1 Å². The highest BCUT2D eigenvalue weighted by atomic mass is 16.5. The second-order valence-corrected chi connectivity index (χ2v) is 5.14. The van der Waals surface area contributed by atoms with Gasteiger partial charge in [0.05, 0.1) is 13.5 Å². The van der Waals surface area contributed by atoms with Crippen LogP contribution in [0.15, 0.2) is 42.7 Å². The average molecular weight is 373 g/mol. The highest BCUT2D eigenvalue weighted by molar-refractivity contribution is 6.01. The molecule has 142 valence electrons. The topological polar surface area (TPSA) is 132 Å². The van der Waals surface area contributed by atoms with Crippen molar-refractivity contribution in [2.24, 2.45) is 0 Å². The first-order valence-corrected chi connectivity index (χ1v) is 7.98. The van der Waals surface area contributed by atoms with Crippen molar-refractivity contribution in [2.75, 3.05) is 30.9 Å². The first-order valence-electron chi connectivity index (χ1n) is 7.98. The normalized spacial score (nSPS) is 9.81. The molecule has 0 radical (unpaired) electrons. The smallest absolute Gasteiger partial charge is 0.325 e. The molecule has 0 aliphatic carbocycles. The van der Waals surface area contributed by atoms with Crippen LogP contribution in [0.4, 0.5) is 16.4 Å². The third kappa shape index (κ3) is 7.38. The zero-order valence-electron chi connectivity index (χ0n) is 14.6. The number of imide groups is 1. The van der Waals surface area contributed by atoms with Crippen LogP contribution < -0.4 is 20.7 Å². The number of aromatic nitrogens is 2. The van der Waals surface area contributed by atoms with Crippen LogP contribution in [0.5, 0.6) is 5.75 Å². The maximum atomic E-state index is 11.7. The van der Waals surface area contributed by atoms with Crippen LogP contribution in [0.3, 0.4) is 0 Å². The number of ether oxygens (including phenoxy) is 2. The van der Waals surface area contributed by atoms with Gasteiger partial charge in [-0.05, 0) is 30.3 Å². The fourth-order valence-corrected chi connectivity index (χ4v) is 1.88. The number of carbonyl (C=O) groups is 3. The quantitative estimate of drug-likeness (QED) is 0.588. The molecule has 10 nitrogen and oxygen atoms in total. The lowest BCUT2D eigenvalue weighted by molar-refractivity contribution is -0.148. The number of amides is 3. The van der Waals surface area contributed by atoms with E-state index in [-0.39, 0.29) is 13.0 Å². The van der Waals surface area contributed by atoms with E-state index < -0.39 is 24.5 Å². The number of nitrogens with one attached hydrogen (secondary N) is 3. The summed E-state index contributed by atoms with van der Waals surface area (Å²) in [5.41, 5.74) is 0.479. The van der Waals surface area contributed by atoms with E-state index in [2.05, 4.69) is 25.9 Å². The largest absolute Gasteiger partial charge is 0.497 e. The highest BCUT2D eigenvalue weighted by Crippen LogP contribution is 2.14. The van der Waals surface area contributed by atoms with Crippen molar-refractivity contribution in [3.8, 4) is 5.75 Å². The summed E-state index contributed by atoms with van der Waals surface area (Å²) in [4.78, 5) is 42.8. The zero-order valence-corrected chi connectivity index (χ0v) is 14.6. The molecule has 27 heavy (non-hydrogen) atoms. The zero-order chi connectivity index (χ0) is 19.5. The standard InChI is InChI=1S/C17H19N5O5/c1-26-13-5-3-12(4-6-13)21-17(25)22-14(23)11-27-15(24)7-10-20-16-18-8-2-9-19-16/h2-6,8-9H,7,10-11H2,1H3,(H,18,19,20)(H2,21,22,23,25). The minimum atomic E-state index is -0.742. The Morgan fingerprint density at radius 2 is 1.78 bits per heavy atom. The van der Waals surface area contributed by atoms with Gasteiger partial charge in [0.2, 0.25) is 5.95 Å². The van der Waals surface area contributed by atoms with E-state index in [1.165, 1.54) is 7.11 Å². The Kier molecular flexibility index (Phi) is 7.51. The second-order valence-electron chi connectivity index (χ2n) is 5.14. The average Bonchev–Trinajstić information content (AvgIpc) is 2.68. The minimum absolute atomic E-state index is 0.0174.